The standard InChI is InChI=1S/C11H11BrN4OS/c12-9-3-1-7(18-9)5-6-14-10-4-2-8(11(13)17)15-16-10/h1-4H,5-6H2,(H2,13,17)(H,14,16). The second-order valence-corrected chi connectivity index (χ2v) is 6.10. The number of amides is 1. The molecular weight excluding hydrogens is 316 g/mol. The molecule has 0 saturated carbocycles. The van der Waals surface area contributed by atoms with Gasteiger partial charge < -0.3 is 11.1 Å². The molecule has 0 aliphatic carbocycles. The highest BCUT2D eigenvalue weighted by Gasteiger charge is 2.03. The highest BCUT2D eigenvalue weighted by molar-refractivity contribution is 9.11. The van der Waals surface area contributed by atoms with Crippen LogP contribution in [0.3, 0.4) is 0 Å². The normalized spacial score (nSPS) is 10.3. The van der Waals surface area contributed by atoms with Crippen molar-refractivity contribution >= 4 is 39.0 Å². The summed E-state index contributed by atoms with van der Waals surface area (Å²) in [4.78, 5) is 12.1. The zero-order chi connectivity index (χ0) is 13.0. The number of nitrogens with zero attached hydrogens (tertiary/aromatic N) is 2. The van der Waals surface area contributed by atoms with Crippen LogP contribution in [0.4, 0.5) is 5.82 Å². The Kier molecular flexibility index (Phi) is 4.27. The molecule has 0 bridgehead atoms. The third-order valence-corrected chi connectivity index (χ3v) is 3.91. The topological polar surface area (TPSA) is 80.9 Å². The molecule has 0 spiro atoms. The molecule has 0 radical (unpaired) electrons. The van der Waals surface area contributed by atoms with Crippen molar-refractivity contribution in [2.24, 2.45) is 5.73 Å². The van der Waals surface area contributed by atoms with E-state index in [9.17, 15) is 4.79 Å². The Bertz CT molecular complexity index is 540. The van der Waals surface area contributed by atoms with Gasteiger partial charge in [-0.05, 0) is 46.6 Å². The predicted molar refractivity (Wildman–Crippen MR) is 74.8 cm³/mol. The number of anilines is 1. The molecule has 3 N–H and O–H groups in total. The minimum atomic E-state index is -0.572. The molecule has 0 fully saturated rings. The zero-order valence-corrected chi connectivity index (χ0v) is 11.8. The summed E-state index contributed by atoms with van der Waals surface area (Å²) in [7, 11) is 0. The number of carbonyl (C=O) groups excluding carboxylic acids is 1. The van der Waals surface area contributed by atoms with Gasteiger partial charge in [-0.15, -0.1) is 21.5 Å². The van der Waals surface area contributed by atoms with Gasteiger partial charge in [-0.25, -0.2) is 0 Å². The number of halogens is 1. The van der Waals surface area contributed by atoms with Crippen molar-refractivity contribution in [1.82, 2.24) is 10.2 Å². The number of hydrogen-bond donors (Lipinski definition) is 2. The summed E-state index contributed by atoms with van der Waals surface area (Å²) < 4.78 is 1.13. The first-order chi connectivity index (χ1) is 8.65. The highest BCUT2D eigenvalue weighted by Crippen LogP contribution is 2.22. The molecule has 7 heteroatoms. The van der Waals surface area contributed by atoms with Gasteiger partial charge in [0.1, 0.15) is 5.82 Å². The molecule has 0 atom stereocenters. The van der Waals surface area contributed by atoms with Gasteiger partial charge in [0, 0.05) is 11.4 Å². The molecule has 0 unspecified atom stereocenters. The summed E-state index contributed by atoms with van der Waals surface area (Å²) in [6.45, 7) is 0.761. The van der Waals surface area contributed by atoms with Crippen LogP contribution in [0.5, 0.6) is 0 Å². The van der Waals surface area contributed by atoms with Crippen LogP contribution >= 0.6 is 27.3 Å². The average molecular weight is 327 g/mol. The van der Waals surface area contributed by atoms with E-state index in [1.165, 1.54) is 4.88 Å². The Morgan fingerprint density at radius 3 is 2.72 bits per heavy atom. The van der Waals surface area contributed by atoms with Gasteiger partial charge in [0.25, 0.3) is 5.91 Å². The number of carbonyl (C=O) groups is 1. The minimum absolute atomic E-state index is 0.169. The van der Waals surface area contributed by atoms with Gasteiger partial charge in [-0.1, -0.05) is 0 Å². The van der Waals surface area contributed by atoms with Crippen LogP contribution in [0.15, 0.2) is 28.1 Å². The lowest BCUT2D eigenvalue weighted by Crippen LogP contribution is -2.14. The van der Waals surface area contributed by atoms with Crippen molar-refractivity contribution in [3.63, 3.8) is 0 Å². The minimum Gasteiger partial charge on any atom is -0.368 e. The lowest BCUT2D eigenvalue weighted by atomic mass is 10.3. The van der Waals surface area contributed by atoms with Crippen LogP contribution in [-0.4, -0.2) is 22.6 Å². The molecule has 94 valence electrons. The second kappa shape index (κ2) is 5.92. The van der Waals surface area contributed by atoms with Crippen LogP contribution < -0.4 is 11.1 Å². The smallest absolute Gasteiger partial charge is 0.269 e. The fraction of sp³-hybridized carbons (Fsp3) is 0.182. The van der Waals surface area contributed by atoms with Gasteiger partial charge >= 0.3 is 0 Å². The summed E-state index contributed by atoms with van der Waals surface area (Å²) in [5.41, 5.74) is 5.25. The van der Waals surface area contributed by atoms with Crippen LogP contribution in [0.1, 0.15) is 15.4 Å². The van der Waals surface area contributed by atoms with E-state index in [2.05, 4.69) is 37.5 Å². The molecule has 5 nitrogen and oxygen atoms in total. The molecule has 0 saturated heterocycles. The fourth-order valence-electron chi connectivity index (χ4n) is 1.36. The van der Waals surface area contributed by atoms with E-state index in [1.807, 2.05) is 6.07 Å². The first-order valence-electron chi connectivity index (χ1n) is 5.27. The Balaban J connectivity index is 1.85. The Labute approximate surface area is 117 Å². The Hall–Kier alpha value is -1.47. The van der Waals surface area contributed by atoms with E-state index >= 15 is 0 Å². The molecule has 1 amide bonds. The molecule has 0 aromatic carbocycles. The van der Waals surface area contributed by atoms with Gasteiger partial charge in [0.05, 0.1) is 3.79 Å². The SMILES string of the molecule is NC(=O)c1ccc(NCCc2ccc(Br)s2)nn1. The molecule has 0 aliphatic heterocycles. The number of primary amides is 1. The maximum atomic E-state index is 10.8. The number of nitrogens with one attached hydrogen (secondary N) is 1. The molecular formula is C11H11BrN4OS. The van der Waals surface area contributed by atoms with Crippen molar-refractivity contribution in [2.45, 2.75) is 6.42 Å². The molecule has 18 heavy (non-hydrogen) atoms. The number of hydrogen-bond acceptors (Lipinski definition) is 5. The molecule has 2 aromatic rings. The number of aromatic nitrogens is 2. The van der Waals surface area contributed by atoms with E-state index in [0.29, 0.717) is 5.82 Å². The lowest BCUT2D eigenvalue weighted by Gasteiger charge is -2.03. The van der Waals surface area contributed by atoms with Crippen molar-refractivity contribution in [2.75, 3.05) is 11.9 Å². The molecule has 0 aliphatic rings. The largest absolute Gasteiger partial charge is 0.368 e. The number of thiophene rings is 1. The van der Waals surface area contributed by atoms with Crippen LogP contribution in [0.25, 0.3) is 0 Å². The highest BCUT2D eigenvalue weighted by atomic mass is 79.9. The maximum absolute atomic E-state index is 10.8. The third kappa shape index (κ3) is 3.51. The van der Waals surface area contributed by atoms with Gasteiger partial charge in [-0.2, -0.15) is 0 Å². The van der Waals surface area contributed by atoms with Crippen molar-refractivity contribution in [3.05, 3.63) is 38.6 Å². The van der Waals surface area contributed by atoms with E-state index in [-0.39, 0.29) is 5.69 Å². The summed E-state index contributed by atoms with van der Waals surface area (Å²) in [6, 6.07) is 7.36. The molecule has 2 heterocycles. The van der Waals surface area contributed by atoms with Crippen molar-refractivity contribution in [3.8, 4) is 0 Å². The Morgan fingerprint density at radius 2 is 2.17 bits per heavy atom. The maximum Gasteiger partial charge on any atom is 0.269 e. The van der Waals surface area contributed by atoms with Gasteiger partial charge in [0.15, 0.2) is 5.69 Å². The second-order valence-electron chi connectivity index (χ2n) is 3.55. The average Bonchev–Trinajstić information content (AvgIpc) is 2.76. The summed E-state index contributed by atoms with van der Waals surface area (Å²) in [6.07, 6.45) is 0.912. The van der Waals surface area contributed by atoms with Gasteiger partial charge in [-0.3, -0.25) is 4.79 Å². The number of nitrogens with two attached hydrogens (primary N) is 1. The first-order valence-corrected chi connectivity index (χ1v) is 6.88. The van der Waals surface area contributed by atoms with E-state index in [1.54, 1.807) is 23.5 Å². The lowest BCUT2D eigenvalue weighted by molar-refractivity contribution is 0.0994. The monoisotopic (exact) mass is 326 g/mol. The van der Waals surface area contributed by atoms with Crippen LogP contribution in [0, 0.1) is 0 Å². The van der Waals surface area contributed by atoms with Crippen LogP contribution in [-0.2, 0) is 6.42 Å². The first kappa shape index (κ1) is 13.0. The van der Waals surface area contributed by atoms with E-state index < -0.39 is 5.91 Å². The summed E-state index contributed by atoms with van der Waals surface area (Å²) in [5, 5.41) is 10.7. The fourth-order valence-corrected chi connectivity index (χ4v) is 2.84. The van der Waals surface area contributed by atoms with Crippen molar-refractivity contribution in [1.29, 1.82) is 0 Å². The zero-order valence-electron chi connectivity index (χ0n) is 9.39. The molecule has 2 rings (SSSR count). The predicted octanol–water partition coefficient (Wildman–Crippen LogP) is 2.05. The third-order valence-electron chi connectivity index (χ3n) is 2.22. The van der Waals surface area contributed by atoms with Crippen LogP contribution in [0.2, 0.25) is 0 Å². The summed E-state index contributed by atoms with van der Waals surface area (Å²) in [5.74, 6) is 0.0631. The quantitative estimate of drug-likeness (QED) is 0.881. The van der Waals surface area contributed by atoms with Gasteiger partial charge in [0.2, 0.25) is 0 Å². The van der Waals surface area contributed by atoms with Crippen molar-refractivity contribution < 1.29 is 4.79 Å². The molecule has 2 aromatic heterocycles. The Morgan fingerprint density at radius 1 is 1.33 bits per heavy atom. The number of rotatable bonds is 5. The van der Waals surface area contributed by atoms with E-state index in [4.69, 9.17) is 5.73 Å². The van der Waals surface area contributed by atoms with E-state index in [0.717, 1.165) is 16.8 Å². The summed E-state index contributed by atoms with van der Waals surface area (Å²) >= 11 is 5.13.